The number of ether oxygens (including phenoxy) is 2. The Bertz CT molecular complexity index is 510. The first-order valence-electron chi connectivity index (χ1n) is 14.6. The topological polar surface area (TPSA) is 99.5 Å². The summed E-state index contributed by atoms with van der Waals surface area (Å²) in [4.78, 5) is 28.5. The molecule has 0 spiro atoms. The third-order valence-corrected chi connectivity index (χ3v) is 6.65. The molecule has 1 unspecified atom stereocenters. The smallest absolute Gasteiger partial charge is 0.434 e. The van der Waals surface area contributed by atoms with Gasteiger partial charge in [0.25, 0.3) is 0 Å². The van der Waals surface area contributed by atoms with Crippen LogP contribution in [0.15, 0.2) is 0 Å². The first-order valence-corrected chi connectivity index (χ1v) is 14.6. The van der Waals surface area contributed by atoms with E-state index in [1.54, 1.807) is 0 Å². The second kappa shape index (κ2) is 25.3. The number of unbranched alkanes of at least 4 members (excludes halogenated alkanes) is 9. The molecule has 214 valence electrons. The number of hydrogen-bond donors (Lipinski definition) is 2. The maximum absolute atomic E-state index is 12.5. The molecule has 0 aliphatic rings. The molecule has 0 aromatic rings. The van der Waals surface area contributed by atoms with Gasteiger partial charge in [0.2, 0.25) is 5.91 Å². The molecular formula is C28H56N2O6. The van der Waals surface area contributed by atoms with Gasteiger partial charge in [0, 0.05) is 26.1 Å². The molecular weight excluding hydrogens is 460 g/mol. The number of hydrogen-bond acceptors (Lipinski definition) is 7. The summed E-state index contributed by atoms with van der Waals surface area (Å²) in [7, 11) is 0. The van der Waals surface area contributed by atoms with Crippen molar-refractivity contribution in [3.8, 4) is 0 Å². The minimum Gasteiger partial charge on any atom is -0.434 e. The van der Waals surface area contributed by atoms with E-state index in [1.807, 2.05) is 0 Å². The number of aliphatic hydroxyl groups excluding tert-OH is 2. The van der Waals surface area contributed by atoms with Crippen molar-refractivity contribution >= 4 is 12.1 Å². The molecule has 0 radical (unpaired) electrons. The molecule has 36 heavy (non-hydrogen) atoms. The van der Waals surface area contributed by atoms with Crippen LogP contribution in [0.2, 0.25) is 0 Å². The summed E-state index contributed by atoms with van der Waals surface area (Å²) in [5.74, 6) is -0.151. The van der Waals surface area contributed by atoms with E-state index < -0.39 is 6.16 Å². The Morgan fingerprint density at radius 2 is 1.28 bits per heavy atom. The summed E-state index contributed by atoms with van der Waals surface area (Å²) >= 11 is 0. The Morgan fingerprint density at radius 3 is 1.81 bits per heavy atom. The highest BCUT2D eigenvalue weighted by Crippen LogP contribution is 2.17. The lowest BCUT2D eigenvalue weighted by atomic mass is 10.0. The van der Waals surface area contributed by atoms with Gasteiger partial charge in [-0.15, -0.1) is 0 Å². The van der Waals surface area contributed by atoms with Crippen LogP contribution in [0.1, 0.15) is 111 Å². The van der Waals surface area contributed by atoms with Gasteiger partial charge in [-0.1, -0.05) is 78.6 Å². The number of aliphatic hydroxyl groups is 2. The Kier molecular flexibility index (Phi) is 24.3. The SMILES string of the molecule is CCCCCCCCCCCCC(CCC(=O)N(CCO)CCO)OC(=O)OCCCN(CC)CC. The highest BCUT2D eigenvalue weighted by atomic mass is 16.7. The lowest BCUT2D eigenvalue weighted by Gasteiger charge is -2.23. The third-order valence-electron chi connectivity index (χ3n) is 6.65. The van der Waals surface area contributed by atoms with Crippen molar-refractivity contribution in [2.45, 2.75) is 117 Å². The molecule has 1 atom stereocenters. The Labute approximate surface area is 220 Å². The fraction of sp³-hybridized carbons (Fsp3) is 0.929. The average molecular weight is 517 g/mol. The predicted octanol–water partition coefficient (Wildman–Crippen LogP) is 5.14. The number of rotatable bonds is 25. The first-order chi connectivity index (χ1) is 17.5. The normalized spacial score (nSPS) is 12.1. The van der Waals surface area contributed by atoms with Crippen LogP contribution in [0.25, 0.3) is 0 Å². The van der Waals surface area contributed by atoms with Crippen molar-refractivity contribution in [1.82, 2.24) is 9.80 Å². The van der Waals surface area contributed by atoms with Crippen molar-refractivity contribution in [3.63, 3.8) is 0 Å². The Hall–Kier alpha value is -1.38. The summed E-state index contributed by atoms with van der Waals surface area (Å²) in [6.07, 6.45) is 13.4. The van der Waals surface area contributed by atoms with Crippen LogP contribution in [-0.4, -0.2) is 90.7 Å². The van der Waals surface area contributed by atoms with E-state index in [0.717, 1.165) is 38.9 Å². The van der Waals surface area contributed by atoms with Gasteiger partial charge >= 0.3 is 6.16 Å². The van der Waals surface area contributed by atoms with E-state index in [0.29, 0.717) is 19.4 Å². The standard InChI is InChI=1S/C28H56N2O6/c1-4-7-8-9-10-11-12-13-14-15-17-26(18-19-27(33)30(21-23-31)22-24-32)36-28(34)35-25-16-20-29(5-2)6-3/h26,31-32H,4-25H2,1-3H3. The van der Waals surface area contributed by atoms with Gasteiger partial charge in [0.15, 0.2) is 0 Å². The molecule has 8 heteroatoms. The predicted molar refractivity (Wildman–Crippen MR) is 145 cm³/mol. The zero-order valence-electron chi connectivity index (χ0n) is 23.6. The van der Waals surface area contributed by atoms with Gasteiger partial charge < -0.3 is 29.5 Å². The van der Waals surface area contributed by atoms with Crippen LogP contribution in [0.3, 0.4) is 0 Å². The van der Waals surface area contributed by atoms with Gasteiger partial charge in [-0.05, 0) is 38.8 Å². The second-order valence-electron chi connectivity index (χ2n) is 9.56. The molecule has 0 saturated heterocycles. The van der Waals surface area contributed by atoms with Gasteiger partial charge in [-0.2, -0.15) is 0 Å². The van der Waals surface area contributed by atoms with Crippen molar-refractivity contribution < 1.29 is 29.3 Å². The van der Waals surface area contributed by atoms with Crippen LogP contribution in [0.5, 0.6) is 0 Å². The van der Waals surface area contributed by atoms with Crippen molar-refractivity contribution in [1.29, 1.82) is 0 Å². The fourth-order valence-electron chi connectivity index (χ4n) is 4.32. The molecule has 0 bridgehead atoms. The molecule has 1 amide bonds. The van der Waals surface area contributed by atoms with E-state index in [4.69, 9.17) is 9.47 Å². The fourth-order valence-corrected chi connectivity index (χ4v) is 4.32. The lowest BCUT2D eigenvalue weighted by molar-refractivity contribution is -0.133. The van der Waals surface area contributed by atoms with Gasteiger partial charge in [-0.25, -0.2) is 4.79 Å². The zero-order chi connectivity index (χ0) is 26.9. The average Bonchev–Trinajstić information content (AvgIpc) is 2.88. The van der Waals surface area contributed by atoms with Crippen LogP contribution in [0.4, 0.5) is 4.79 Å². The first kappa shape index (κ1) is 34.6. The minimum absolute atomic E-state index is 0.149. The number of nitrogens with zero attached hydrogens (tertiary/aromatic N) is 2. The number of carbonyl (C=O) groups is 2. The molecule has 0 fully saturated rings. The second-order valence-corrected chi connectivity index (χ2v) is 9.56. The Morgan fingerprint density at radius 1 is 0.722 bits per heavy atom. The van der Waals surface area contributed by atoms with Crippen LogP contribution < -0.4 is 0 Å². The quantitative estimate of drug-likeness (QED) is 0.128. The highest BCUT2D eigenvalue weighted by Gasteiger charge is 2.20. The number of carbonyl (C=O) groups excluding carboxylic acids is 2. The molecule has 0 saturated carbocycles. The summed E-state index contributed by atoms with van der Waals surface area (Å²) < 4.78 is 10.9. The van der Waals surface area contributed by atoms with Gasteiger partial charge in [0.05, 0.1) is 19.8 Å². The zero-order valence-corrected chi connectivity index (χ0v) is 23.6. The third kappa shape index (κ3) is 19.8. The molecule has 2 N–H and O–H groups in total. The molecule has 0 aromatic heterocycles. The number of amides is 1. The molecule has 0 aliphatic heterocycles. The minimum atomic E-state index is -0.665. The summed E-state index contributed by atoms with van der Waals surface area (Å²) in [5.41, 5.74) is 0. The molecule has 0 aromatic carbocycles. The van der Waals surface area contributed by atoms with E-state index >= 15 is 0 Å². The van der Waals surface area contributed by atoms with E-state index in [9.17, 15) is 19.8 Å². The van der Waals surface area contributed by atoms with Crippen molar-refractivity contribution in [3.05, 3.63) is 0 Å². The maximum Gasteiger partial charge on any atom is 0.508 e. The van der Waals surface area contributed by atoms with E-state index in [-0.39, 0.29) is 44.7 Å². The molecule has 0 rings (SSSR count). The van der Waals surface area contributed by atoms with Gasteiger partial charge in [-0.3, -0.25) is 4.79 Å². The van der Waals surface area contributed by atoms with Crippen LogP contribution in [-0.2, 0) is 14.3 Å². The highest BCUT2D eigenvalue weighted by molar-refractivity contribution is 5.76. The van der Waals surface area contributed by atoms with Crippen molar-refractivity contribution in [2.24, 2.45) is 0 Å². The monoisotopic (exact) mass is 516 g/mol. The van der Waals surface area contributed by atoms with Crippen molar-refractivity contribution in [2.75, 3.05) is 52.5 Å². The largest absolute Gasteiger partial charge is 0.508 e. The van der Waals surface area contributed by atoms with Crippen LogP contribution >= 0.6 is 0 Å². The summed E-state index contributed by atoms with van der Waals surface area (Å²) in [6, 6.07) is 0. The van der Waals surface area contributed by atoms with Crippen LogP contribution in [0, 0.1) is 0 Å². The summed E-state index contributed by atoms with van der Waals surface area (Å²) in [5, 5.41) is 18.3. The molecule has 0 heterocycles. The molecule has 8 nitrogen and oxygen atoms in total. The summed E-state index contributed by atoms with van der Waals surface area (Å²) in [6.45, 7) is 9.69. The van der Waals surface area contributed by atoms with Gasteiger partial charge in [0.1, 0.15) is 6.10 Å². The van der Waals surface area contributed by atoms with E-state index in [2.05, 4.69) is 25.7 Å². The lowest BCUT2D eigenvalue weighted by Crippen LogP contribution is -2.36. The molecule has 0 aliphatic carbocycles. The Balaban J connectivity index is 4.47. The maximum atomic E-state index is 12.5. The van der Waals surface area contributed by atoms with E-state index in [1.165, 1.54) is 56.3 Å².